The average Bonchev–Trinajstić information content (AvgIpc) is 3.29. The van der Waals surface area contributed by atoms with Gasteiger partial charge in [-0.15, -0.1) is 0 Å². The molecule has 2 N–H and O–H groups in total. The van der Waals surface area contributed by atoms with Gasteiger partial charge in [0.25, 0.3) is 0 Å². The van der Waals surface area contributed by atoms with Crippen molar-refractivity contribution in [1.29, 1.82) is 0 Å². The van der Waals surface area contributed by atoms with Crippen LogP contribution in [0.5, 0.6) is 0 Å². The minimum Gasteiger partial charge on any atom is -0.464 e. The summed E-state index contributed by atoms with van der Waals surface area (Å²) in [6.07, 6.45) is 9.45. The highest BCUT2D eigenvalue weighted by molar-refractivity contribution is 5.95. The molecule has 0 amide bonds. The number of nitrogen functional groups attached to an aromatic ring is 1. The Morgan fingerprint density at radius 1 is 1.22 bits per heavy atom. The molecular formula is C19H18N6O2. The summed E-state index contributed by atoms with van der Waals surface area (Å²) in [5.41, 5.74) is 10.8. The molecular weight excluding hydrogens is 344 g/mol. The Labute approximate surface area is 155 Å². The van der Waals surface area contributed by atoms with E-state index in [2.05, 4.69) is 22.0 Å². The maximum atomic E-state index is 12.1. The number of carbonyl (C=O) groups excluding carboxylic acids is 1. The molecule has 8 nitrogen and oxygen atoms in total. The number of aryl methyl sites for hydroxylation is 1. The van der Waals surface area contributed by atoms with Crippen molar-refractivity contribution < 1.29 is 9.53 Å². The zero-order valence-electron chi connectivity index (χ0n) is 15.0. The molecule has 0 saturated heterocycles. The number of rotatable bonds is 4. The van der Waals surface area contributed by atoms with E-state index in [1.807, 2.05) is 39.8 Å². The first kappa shape index (κ1) is 16.8. The standard InChI is InChI=1S/C19H18N6O2/c1-3-12-11-23-25-9-4-13(10-15(12)25)24-8-5-14(20)18(24)16-17(19(26)27-2)22-7-6-21-16/h4-11H,3,20H2,1-2H3. The summed E-state index contributed by atoms with van der Waals surface area (Å²) >= 11 is 0. The largest absolute Gasteiger partial charge is 0.464 e. The second-order valence-electron chi connectivity index (χ2n) is 5.97. The van der Waals surface area contributed by atoms with Crippen molar-refractivity contribution in [2.75, 3.05) is 12.8 Å². The molecule has 0 saturated carbocycles. The third-order valence-electron chi connectivity index (χ3n) is 4.46. The zero-order valence-corrected chi connectivity index (χ0v) is 15.0. The van der Waals surface area contributed by atoms with Gasteiger partial charge in [0.1, 0.15) is 5.69 Å². The molecule has 4 heterocycles. The van der Waals surface area contributed by atoms with E-state index < -0.39 is 5.97 Å². The van der Waals surface area contributed by atoms with Gasteiger partial charge < -0.3 is 15.0 Å². The number of aromatic nitrogens is 5. The third-order valence-corrected chi connectivity index (χ3v) is 4.46. The normalized spacial score (nSPS) is 11.0. The van der Waals surface area contributed by atoms with Gasteiger partial charge in [0.2, 0.25) is 0 Å². The van der Waals surface area contributed by atoms with Crippen LogP contribution < -0.4 is 5.73 Å². The Morgan fingerprint density at radius 3 is 2.81 bits per heavy atom. The van der Waals surface area contributed by atoms with Crippen LogP contribution in [0.2, 0.25) is 0 Å². The molecule has 4 aromatic rings. The number of fused-ring (bicyclic) bond motifs is 1. The Hall–Kier alpha value is -3.68. The van der Waals surface area contributed by atoms with Gasteiger partial charge >= 0.3 is 5.97 Å². The van der Waals surface area contributed by atoms with Gasteiger partial charge in [0, 0.05) is 30.5 Å². The molecule has 0 aliphatic heterocycles. The summed E-state index contributed by atoms with van der Waals surface area (Å²) < 4.78 is 8.55. The van der Waals surface area contributed by atoms with E-state index in [9.17, 15) is 4.79 Å². The smallest absolute Gasteiger partial charge is 0.359 e. The van der Waals surface area contributed by atoms with Crippen molar-refractivity contribution in [3.05, 3.63) is 60.4 Å². The summed E-state index contributed by atoms with van der Waals surface area (Å²) in [6, 6.07) is 5.73. The first-order chi connectivity index (χ1) is 13.1. The average molecular weight is 362 g/mol. The Balaban J connectivity index is 1.93. The molecule has 0 spiro atoms. The Morgan fingerprint density at radius 2 is 2.04 bits per heavy atom. The number of anilines is 1. The number of ether oxygens (including phenoxy) is 1. The Bertz CT molecular complexity index is 1140. The summed E-state index contributed by atoms with van der Waals surface area (Å²) in [4.78, 5) is 20.6. The van der Waals surface area contributed by atoms with Crippen LogP contribution in [0.25, 0.3) is 22.6 Å². The molecule has 0 fully saturated rings. The molecule has 0 aliphatic carbocycles. The van der Waals surface area contributed by atoms with Crippen molar-refractivity contribution in [2.24, 2.45) is 0 Å². The van der Waals surface area contributed by atoms with Crippen LogP contribution in [0.4, 0.5) is 5.69 Å². The topological polar surface area (TPSA) is 100 Å². The van der Waals surface area contributed by atoms with Gasteiger partial charge in [-0.05, 0) is 30.2 Å². The minimum atomic E-state index is -0.565. The fraction of sp³-hybridized carbons (Fsp3) is 0.158. The first-order valence-electron chi connectivity index (χ1n) is 8.47. The lowest BCUT2D eigenvalue weighted by molar-refractivity contribution is 0.0594. The highest BCUT2D eigenvalue weighted by atomic mass is 16.5. The highest BCUT2D eigenvalue weighted by Gasteiger charge is 2.21. The Kier molecular flexibility index (Phi) is 4.08. The molecule has 136 valence electrons. The molecule has 4 aromatic heterocycles. The van der Waals surface area contributed by atoms with Crippen LogP contribution in [-0.2, 0) is 11.2 Å². The predicted octanol–water partition coefficient (Wildman–Crippen LogP) is 2.51. The second-order valence-corrected chi connectivity index (χ2v) is 5.97. The molecule has 0 aliphatic rings. The van der Waals surface area contributed by atoms with Gasteiger partial charge in [-0.25, -0.2) is 14.3 Å². The summed E-state index contributed by atoms with van der Waals surface area (Å²) in [5.74, 6) is -0.565. The van der Waals surface area contributed by atoms with E-state index in [4.69, 9.17) is 10.5 Å². The van der Waals surface area contributed by atoms with Gasteiger partial charge in [-0.1, -0.05) is 6.92 Å². The van der Waals surface area contributed by atoms with Crippen molar-refractivity contribution in [2.45, 2.75) is 13.3 Å². The van der Waals surface area contributed by atoms with Gasteiger partial charge in [-0.3, -0.25) is 4.98 Å². The predicted molar refractivity (Wildman–Crippen MR) is 101 cm³/mol. The maximum absolute atomic E-state index is 12.1. The van der Waals surface area contributed by atoms with Crippen LogP contribution in [0.15, 0.2) is 49.2 Å². The number of methoxy groups -OCH3 is 1. The van der Waals surface area contributed by atoms with Crippen LogP contribution >= 0.6 is 0 Å². The molecule has 0 aromatic carbocycles. The number of hydrogen-bond donors (Lipinski definition) is 1. The zero-order chi connectivity index (χ0) is 19.0. The second kappa shape index (κ2) is 6.56. The van der Waals surface area contributed by atoms with E-state index in [0.717, 1.165) is 23.2 Å². The molecule has 4 rings (SSSR count). The lowest BCUT2D eigenvalue weighted by atomic mass is 10.2. The van der Waals surface area contributed by atoms with Crippen molar-refractivity contribution in [3.63, 3.8) is 0 Å². The number of pyridine rings is 1. The molecule has 27 heavy (non-hydrogen) atoms. The molecule has 0 unspecified atom stereocenters. The third kappa shape index (κ3) is 2.71. The number of carbonyl (C=O) groups is 1. The van der Waals surface area contributed by atoms with Crippen LogP contribution in [0.1, 0.15) is 23.0 Å². The van der Waals surface area contributed by atoms with E-state index in [1.54, 1.807) is 6.07 Å². The van der Waals surface area contributed by atoms with Crippen molar-refractivity contribution in [3.8, 4) is 17.1 Å². The fourth-order valence-electron chi connectivity index (χ4n) is 3.11. The van der Waals surface area contributed by atoms with Crippen LogP contribution in [-0.4, -0.2) is 37.2 Å². The SMILES string of the molecule is CCc1cnn2ccc(-n3ccc(N)c3-c3nccnc3C(=O)OC)cc12. The fourth-order valence-corrected chi connectivity index (χ4v) is 3.11. The van der Waals surface area contributed by atoms with Crippen LogP contribution in [0.3, 0.4) is 0 Å². The first-order valence-corrected chi connectivity index (χ1v) is 8.47. The van der Waals surface area contributed by atoms with Gasteiger partial charge in [-0.2, -0.15) is 5.10 Å². The van der Waals surface area contributed by atoms with E-state index in [1.165, 1.54) is 19.5 Å². The van der Waals surface area contributed by atoms with Gasteiger partial charge in [0.05, 0.1) is 30.2 Å². The quantitative estimate of drug-likeness (QED) is 0.560. The number of hydrogen-bond acceptors (Lipinski definition) is 6. The number of nitrogens with zero attached hydrogens (tertiary/aromatic N) is 5. The molecule has 0 radical (unpaired) electrons. The minimum absolute atomic E-state index is 0.117. The lowest BCUT2D eigenvalue weighted by Gasteiger charge is -2.12. The van der Waals surface area contributed by atoms with Gasteiger partial charge in [0.15, 0.2) is 5.69 Å². The maximum Gasteiger partial charge on any atom is 0.359 e. The van der Waals surface area contributed by atoms with Crippen LogP contribution in [0, 0.1) is 0 Å². The summed E-state index contributed by atoms with van der Waals surface area (Å²) in [7, 11) is 1.31. The molecule has 0 bridgehead atoms. The number of nitrogens with two attached hydrogens (primary N) is 1. The number of esters is 1. The van der Waals surface area contributed by atoms with Crippen molar-refractivity contribution in [1.82, 2.24) is 24.1 Å². The lowest BCUT2D eigenvalue weighted by Crippen LogP contribution is -2.10. The van der Waals surface area contributed by atoms with E-state index >= 15 is 0 Å². The molecule has 0 atom stereocenters. The summed E-state index contributed by atoms with van der Waals surface area (Å²) in [6.45, 7) is 2.09. The van der Waals surface area contributed by atoms with E-state index in [0.29, 0.717) is 17.1 Å². The van der Waals surface area contributed by atoms with Crippen molar-refractivity contribution >= 4 is 17.2 Å². The van der Waals surface area contributed by atoms with E-state index in [-0.39, 0.29) is 5.69 Å². The highest BCUT2D eigenvalue weighted by Crippen LogP contribution is 2.31. The molecule has 8 heteroatoms. The summed E-state index contributed by atoms with van der Waals surface area (Å²) in [5, 5.41) is 4.36. The monoisotopic (exact) mass is 362 g/mol.